The van der Waals surface area contributed by atoms with E-state index in [1.165, 1.54) is 11.1 Å². The standard InChI is InChI=1S/C17H21NO/c18-12-5-4-7-15-10-6-11-17(13-15)19-14-16-8-2-1-3-9-16/h1-3,6,8-11,13H,4-5,7,12,14,18H2. The highest BCUT2D eigenvalue weighted by atomic mass is 16.5. The van der Waals surface area contributed by atoms with Gasteiger partial charge in [0.25, 0.3) is 0 Å². The fourth-order valence-corrected chi connectivity index (χ4v) is 2.01. The van der Waals surface area contributed by atoms with Crippen molar-refractivity contribution in [3.63, 3.8) is 0 Å². The van der Waals surface area contributed by atoms with E-state index in [1.54, 1.807) is 0 Å². The molecule has 0 unspecified atom stereocenters. The van der Waals surface area contributed by atoms with Crippen molar-refractivity contribution < 1.29 is 4.74 Å². The summed E-state index contributed by atoms with van der Waals surface area (Å²) in [5.74, 6) is 0.939. The maximum Gasteiger partial charge on any atom is 0.120 e. The monoisotopic (exact) mass is 255 g/mol. The van der Waals surface area contributed by atoms with E-state index in [0.717, 1.165) is 31.6 Å². The zero-order chi connectivity index (χ0) is 13.3. The molecule has 2 N–H and O–H groups in total. The van der Waals surface area contributed by atoms with Gasteiger partial charge in [0.05, 0.1) is 0 Å². The smallest absolute Gasteiger partial charge is 0.120 e. The average molecular weight is 255 g/mol. The summed E-state index contributed by atoms with van der Waals surface area (Å²) in [6, 6.07) is 18.6. The summed E-state index contributed by atoms with van der Waals surface area (Å²) in [5.41, 5.74) is 8.02. The molecule has 100 valence electrons. The Kier molecular flexibility index (Phi) is 5.45. The van der Waals surface area contributed by atoms with Crippen molar-refractivity contribution in [2.75, 3.05) is 6.54 Å². The molecule has 2 rings (SSSR count). The van der Waals surface area contributed by atoms with Crippen molar-refractivity contribution in [1.82, 2.24) is 0 Å². The highest BCUT2D eigenvalue weighted by Crippen LogP contribution is 2.16. The Hall–Kier alpha value is -1.80. The summed E-state index contributed by atoms with van der Waals surface area (Å²) in [5, 5.41) is 0. The quantitative estimate of drug-likeness (QED) is 0.768. The molecule has 0 bridgehead atoms. The van der Waals surface area contributed by atoms with Crippen LogP contribution >= 0.6 is 0 Å². The van der Waals surface area contributed by atoms with Gasteiger partial charge in [-0.05, 0) is 49.1 Å². The number of aryl methyl sites for hydroxylation is 1. The Balaban J connectivity index is 1.88. The zero-order valence-corrected chi connectivity index (χ0v) is 11.2. The van der Waals surface area contributed by atoms with Gasteiger partial charge in [0.1, 0.15) is 12.4 Å². The minimum Gasteiger partial charge on any atom is -0.489 e. The molecule has 0 aromatic heterocycles. The summed E-state index contributed by atoms with van der Waals surface area (Å²) in [6.45, 7) is 1.39. The molecular formula is C17H21NO. The van der Waals surface area contributed by atoms with E-state index in [1.807, 2.05) is 24.3 Å². The van der Waals surface area contributed by atoms with E-state index in [4.69, 9.17) is 10.5 Å². The van der Waals surface area contributed by atoms with Crippen molar-refractivity contribution in [2.45, 2.75) is 25.9 Å². The minimum atomic E-state index is 0.618. The van der Waals surface area contributed by atoms with E-state index in [0.29, 0.717) is 6.61 Å². The molecule has 0 atom stereocenters. The third-order valence-corrected chi connectivity index (χ3v) is 3.07. The molecule has 0 saturated heterocycles. The van der Waals surface area contributed by atoms with Crippen LogP contribution in [0, 0.1) is 0 Å². The lowest BCUT2D eigenvalue weighted by Gasteiger charge is -2.08. The largest absolute Gasteiger partial charge is 0.489 e. The lowest BCUT2D eigenvalue weighted by molar-refractivity contribution is 0.306. The third kappa shape index (κ3) is 4.76. The molecule has 0 saturated carbocycles. The molecule has 0 aliphatic carbocycles. The second-order valence-electron chi connectivity index (χ2n) is 4.67. The topological polar surface area (TPSA) is 35.2 Å². The lowest BCUT2D eigenvalue weighted by Crippen LogP contribution is -1.99. The van der Waals surface area contributed by atoms with Crippen LogP contribution in [0.4, 0.5) is 0 Å². The number of nitrogens with two attached hydrogens (primary N) is 1. The van der Waals surface area contributed by atoms with E-state index in [9.17, 15) is 0 Å². The van der Waals surface area contributed by atoms with E-state index >= 15 is 0 Å². The van der Waals surface area contributed by atoms with Crippen LogP contribution < -0.4 is 10.5 Å². The Labute approximate surface area is 115 Å². The van der Waals surface area contributed by atoms with Gasteiger partial charge >= 0.3 is 0 Å². The zero-order valence-electron chi connectivity index (χ0n) is 11.2. The summed E-state index contributed by atoms with van der Waals surface area (Å²) in [6.07, 6.45) is 3.29. The first kappa shape index (κ1) is 13.6. The number of hydrogen-bond acceptors (Lipinski definition) is 2. The van der Waals surface area contributed by atoms with Gasteiger partial charge in [-0.25, -0.2) is 0 Å². The highest BCUT2D eigenvalue weighted by Gasteiger charge is 1.98. The summed E-state index contributed by atoms with van der Waals surface area (Å²) >= 11 is 0. The van der Waals surface area contributed by atoms with Crippen LogP contribution in [0.25, 0.3) is 0 Å². The third-order valence-electron chi connectivity index (χ3n) is 3.07. The minimum absolute atomic E-state index is 0.618. The summed E-state index contributed by atoms with van der Waals surface area (Å²) in [7, 11) is 0. The molecule has 2 nitrogen and oxygen atoms in total. The SMILES string of the molecule is NCCCCc1cccc(OCc2ccccc2)c1. The first-order valence-electron chi connectivity index (χ1n) is 6.84. The van der Waals surface area contributed by atoms with Crippen molar-refractivity contribution in [1.29, 1.82) is 0 Å². The average Bonchev–Trinajstić information content (AvgIpc) is 2.47. The van der Waals surface area contributed by atoms with Gasteiger partial charge in [0.2, 0.25) is 0 Å². The van der Waals surface area contributed by atoms with Crippen molar-refractivity contribution >= 4 is 0 Å². The van der Waals surface area contributed by atoms with Crippen LogP contribution in [-0.4, -0.2) is 6.54 Å². The first-order valence-corrected chi connectivity index (χ1v) is 6.84. The molecule has 2 aromatic rings. The van der Waals surface area contributed by atoms with E-state index in [2.05, 4.69) is 30.3 Å². The molecule has 2 heteroatoms. The van der Waals surface area contributed by atoms with Crippen LogP contribution in [0.15, 0.2) is 54.6 Å². The first-order chi connectivity index (χ1) is 9.38. The van der Waals surface area contributed by atoms with Crippen LogP contribution in [0.2, 0.25) is 0 Å². The normalized spacial score (nSPS) is 10.4. The molecule has 0 fully saturated rings. The highest BCUT2D eigenvalue weighted by molar-refractivity contribution is 5.29. The van der Waals surface area contributed by atoms with Crippen molar-refractivity contribution in [3.05, 3.63) is 65.7 Å². The van der Waals surface area contributed by atoms with Gasteiger partial charge in [-0.2, -0.15) is 0 Å². The predicted octanol–water partition coefficient (Wildman–Crippen LogP) is 3.55. The molecule has 0 spiro atoms. The molecule has 0 aliphatic heterocycles. The fraction of sp³-hybridized carbons (Fsp3) is 0.294. The Morgan fingerprint density at radius 3 is 2.42 bits per heavy atom. The molecule has 0 amide bonds. The lowest BCUT2D eigenvalue weighted by atomic mass is 10.1. The van der Waals surface area contributed by atoms with Crippen molar-refractivity contribution in [2.24, 2.45) is 5.73 Å². The van der Waals surface area contributed by atoms with Crippen molar-refractivity contribution in [3.8, 4) is 5.75 Å². The summed E-state index contributed by atoms with van der Waals surface area (Å²) < 4.78 is 5.81. The van der Waals surface area contributed by atoms with Gasteiger partial charge in [-0.15, -0.1) is 0 Å². The maximum atomic E-state index is 5.81. The number of unbranched alkanes of at least 4 members (excludes halogenated alkanes) is 1. The summed E-state index contributed by atoms with van der Waals surface area (Å²) in [4.78, 5) is 0. The van der Waals surface area contributed by atoms with E-state index in [-0.39, 0.29) is 0 Å². The number of hydrogen-bond donors (Lipinski definition) is 1. The molecule has 0 heterocycles. The predicted molar refractivity (Wildman–Crippen MR) is 79.2 cm³/mol. The van der Waals surface area contributed by atoms with Gasteiger partial charge in [-0.3, -0.25) is 0 Å². The molecular weight excluding hydrogens is 234 g/mol. The Morgan fingerprint density at radius 1 is 0.842 bits per heavy atom. The number of ether oxygens (including phenoxy) is 1. The Morgan fingerprint density at radius 2 is 1.63 bits per heavy atom. The Bertz CT molecular complexity index is 482. The van der Waals surface area contributed by atoms with Gasteiger partial charge in [-0.1, -0.05) is 42.5 Å². The number of benzene rings is 2. The molecule has 0 aliphatic rings. The van der Waals surface area contributed by atoms with Crippen LogP contribution in [0.1, 0.15) is 24.0 Å². The molecule has 2 aromatic carbocycles. The maximum absolute atomic E-state index is 5.81. The van der Waals surface area contributed by atoms with E-state index < -0.39 is 0 Å². The van der Waals surface area contributed by atoms with Crippen LogP contribution in [0.5, 0.6) is 5.75 Å². The van der Waals surface area contributed by atoms with Crippen LogP contribution in [0.3, 0.4) is 0 Å². The second kappa shape index (κ2) is 7.59. The molecule has 0 radical (unpaired) electrons. The second-order valence-corrected chi connectivity index (χ2v) is 4.67. The van der Waals surface area contributed by atoms with Gasteiger partial charge in [0.15, 0.2) is 0 Å². The van der Waals surface area contributed by atoms with Gasteiger partial charge < -0.3 is 10.5 Å². The number of rotatable bonds is 7. The fourth-order valence-electron chi connectivity index (χ4n) is 2.01. The van der Waals surface area contributed by atoms with Crippen LogP contribution in [-0.2, 0) is 13.0 Å². The van der Waals surface area contributed by atoms with Gasteiger partial charge in [0, 0.05) is 0 Å². The molecule has 19 heavy (non-hydrogen) atoms.